The van der Waals surface area contributed by atoms with Crippen LogP contribution in [0.2, 0.25) is 0 Å². The maximum atomic E-state index is 13.5. The minimum absolute atomic E-state index is 0.00539. The number of hydrogen-bond acceptors (Lipinski definition) is 3. The van der Waals surface area contributed by atoms with Crippen LogP contribution in [0.4, 0.5) is 0 Å². The van der Waals surface area contributed by atoms with Gasteiger partial charge in [-0.15, -0.1) is 0 Å². The molecule has 2 aromatic rings. The molecule has 5 aliphatic carbocycles. The highest BCUT2D eigenvalue weighted by Gasteiger charge is 2.70. The number of imidazole rings is 1. The van der Waals surface area contributed by atoms with Crippen molar-refractivity contribution in [1.29, 1.82) is 0 Å². The molecule has 0 bridgehead atoms. The minimum Gasteiger partial charge on any atom is -0.478 e. The number of rotatable bonds is 6. The fourth-order valence-corrected chi connectivity index (χ4v) is 13.1. The number of carboxylic acids is 1. The summed E-state index contributed by atoms with van der Waals surface area (Å²) in [7, 11) is 0. The lowest BCUT2D eigenvalue weighted by atomic mass is 9.33. The first kappa shape index (κ1) is 32.4. The maximum Gasteiger partial charge on any atom is 0.335 e. The van der Waals surface area contributed by atoms with Crippen LogP contribution in [0.25, 0.3) is 5.57 Å². The van der Waals surface area contributed by atoms with Gasteiger partial charge in [-0.2, -0.15) is 0 Å². The van der Waals surface area contributed by atoms with Gasteiger partial charge in [0, 0.05) is 17.9 Å². The third-order valence-electron chi connectivity index (χ3n) is 15.4. The minimum atomic E-state index is -0.874. The van der Waals surface area contributed by atoms with Crippen molar-refractivity contribution < 1.29 is 14.7 Å². The quantitative estimate of drug-likeness (QED) is 0.310. The van der Waals surface area contributed by atoms with Crippen LogP contribution in [0.5, 0.6) is 0 Å². The zero-order valence-electron chi connectivity index (χ0n) is 29.4. The molecule has 1 heterocycles. The van der Waals surface area contributed by atoms with Gasteiger partial charge in [0.1, 0.15) is 6.54 Å². The molecule has 6 heteroatoms. The van der Waals surface area contributed by atoms with Crippen molar-refractivity contribution in [2.45, 2.75) is 111 Å². The molecule has 0 saturated heterocycles. The number of carbonyl (C=O) groups excluding carboxylic acids is 1. The second-order valence-electron chi connectivity index (χ2n) is 17.6. The molecule has 7 rings (SSSR count). The fourth-order valence-electron chi connectivity index (χ4n) is 13.1. The van der Waals surface area contributed by atoms with Gasteiger partial charge in [-0.1, -0.05) is 65.0 Å². The van der Waals surface area contributed by atoms with Crippen LogP contribution in [0.1, 0.15) is 115 Å². The van der Waals surface area contributed by atoms with Crippen molar-refractivity contribution in [3.8, 4) is 0 Å². The van der Waals surface area contributed by atoms with Gasteiger partial charge in [0.15, 0.2) is 0 Å². The number of carboxylic acid groups (broad SMARTS) is 1. The van der Waals surface area contributed by atoms with Crippen molar-refractivity contribution >= 4 is 17.4 Å². The Bertz CT molecular complexity index is 1610. The third-order valence-corrected chi connectivity index (χ3v) is 15.4. The smallest absolute Gasteiger partial charge is 0.335 e. The van der Waals surface area contributed by atoms with Crippen LogP contribution in [-0.4, -0.2) is 32.1 Å². The summed E-state index contributed by atoms with van der Waals surface area (Å²) in [6.45, 7) is 19.9. The molecule has 4 saturated carbocycles. The SMILES string of the molecule is C=C(C)C1CCC2(NC(=O)Cn3ccnc3)CCC3(C)C(CCC4C5(C)CC=C(c6ccc(C(=O)O)cc6)C(C)(C)C5CCC43C)C12. The number of benzene rings is 1. The summed E-state index contributed by atoms with van der Waals surface area (Å²) in [5, 5.41) is 13.1. The molecule has 1 aromatic heterocycles. The zero-order chi connectivity index (χ0) is 33.6. The van der Waals surface area contributed by atoms with Crippen molar-refractivity contribution in [1.82, 2.24) is 14.9 Å². The predicted octanol–water partition coefficient (Wildman–Crippen LogP) is 8.80. The number of aromatic carboxylic acids is 1. The van der Waals surface area contributed by atoms with E-state index in [9.17, 15) is 14.7 Å². The maximum absolute atomic E-state index is 13.5. The average molecular weight is 638 g/mol. The topological polar surface area (TPSA) is 84.2 Å². The highest BCUT2D eigenvalue weighted by atomic mass is 16.4. The summed E-state index contributed by atoms with van der Waals surface area (Å²) in [5.74, 6) is 1.87. The van der Waals surface area contributed by atoms with Gasteiger partial charge in [-0.25, -0.2) is 9.78 Å². The number of fused-ring (bicyclic) bond motifs is 7. The van der Waals surface area contributed by atoms with Crippen molar-refractivity contribution in [2.75, 3.05) is 0 Å². The van der Waals surface area contributed by atoms with E-state index in [1.54, 1.807) is 24.7 Å². The standard InChI is InChI=1S/C41H55N3O3/c1-26(2)29-14-19-41(43-34(45)24-44-23-22-42-25-44)21-20-39(6)31(35(29)41)12-13-33-38(5)17-15-30(27-8-10-28(11-9-27)36(46)47)37(3,4)32(38)16-18-40(33,39)7/h8-11,15,22-23,25,29,31-33,35H,1,12-14,16-21,24H2,2-7H3,(H,43,45)(H,46,47). The van der Waals surface area contributed by atoms with E-state index in [1.807, 2.05) is 22.9 Å². The van der Waals surface area contributed by atoms with Crippen LogP contribution in [-0.2, 0) is 11.3 Å². The predicted molar refractivity (Wildman–Crippen MR) is 186 cm³/mol. The van der Waals surface area contributed by atoms with E-state index in [0.717, 1.165) is 37.7 Å². The second kappa shape index (κ2) is 10.9. The molecule has 5 aliphatic rings. The average Bonchev–Trinajstić information content (AvgIpc) is 3.65. The van der Waals surface area contributed by atoms with Crippen LogP contribution < -0.4 is 5.32 Å². The summed E-state index contributed by atoms with van der Waals surface area (Å²) in [5.41, 5.74) is 4.64. The first-order valence-electron chi connectivity index (χ1n) is 18.1. The molecule has 252 valence electrons. The number of nitrogens with one attached hydrogen (secondary N) is 1. The van der Waals surface area contributed by atoms with Crippen LogP contribution >= 0.6 is 0 Å². The number of carbonyl (C=O) groups is 2. The summed E-state index contributed by atoms with van der Waals surface area (Å²) in [4.78, 5) is 29.2. The second-order valence-corrected chi connectivity index (χ2v) is 17.6. The Kier molecular flexibility index (Phi) is 7.54. The molecule has 6 nitrogen and oxygen atoms in total. The third kappa shape index (κ3) is 4.66. The number of amides is 1. The Hall–Kier alpha value is -3.15. The Morgan fingerprint density at radius 3 is 2.36 bits per heavy atom. The van der Waals surface area contributed by atoms with Gasteiger partial charge < -0.3 is 15.0 Å². The molecule has 4 fully saturated rings. The van der Waals surface area contributed by atoms with Gasteiger partial charge >= 0.3 is 5.97 Å². The molecule has 47 heavy (non-hydrogen) atoms. The largest absolute Gasteiger partial charge is 0.478 e. The molecule has 9 atom stereocenters. The highest BCUT2D eigenvalue weighted by molar-refractivity contribution is 5.88. The molecule has 0 aliphatic heterocycles. The van der Waals surface area contributed by atoms with Gasteiger partial charge in [-0.3, -0.25) is 4.79 Å². The Morgan fingerprint density at radius 2 is 1.70 bits per heavy atom. The van der Waals surface area contributed by atoms with Gasteiger partial charge in [0.05, 0.1) is 11.9 Å². The first-order chi connectivity index (χ1) is 22.2. The molecule has 0 radical (unpaired) electrons. The monoisotopic (exact) mass is 637 g/mol. The zero-order valence-corrected chi connectivity index (χ0v) is 29.4. The van der Waals surface area contributed by atoms with E-state index in [2.05, 4.69) is 64.5 Å². The lowest BCUT2D eigenvalue weighted by Crippen LogP contribution is -2.68. The Labute approximate surface area is 281 Å². The molecule has 0 spiro atoms. The Morgan fingerprint density at radius 1 is 0.957 bits per heavy atom. The fraction of sp³-hybridized carbons (Fsp3) is 0.634. The van der Waals surface area contributed by atoms with Crippen molar-refractivity contribution in [2.24, 2.45) is 51.2 Å². The van der Waals surface area contributed by atoms with Crippen molar-refractivity contribution in [3.63, 3.8) is 0 Å². The number of hydrogen-bond donors (Lipinski definition) is 2. The number of aromatic nitrogens is 2. The van der Waals surface area contributed by atoms with Crippen LogP contribution in [0.3, 0.4) is 0 Å². The molecule has 1 aromatic carbocycles. The summed E-state index contributed by atoms with van der Waals surface area (Å²) in [6, 6.07) is 7.54. The van der Waals surface area contributed by atoms with E-state index in [4.69, 9.17) is 0 Å². The Balaban J connectivity index is 1.20. The molecule has 9 unspecified atom stereocenters. The first-order valence-corrected chi connectivity index (χ1v) is 18.1. The number of allylic oxidation sites excluding steroid dienone is 3. The molecule has 2 N–H and O–H groups in total. The van der Waals surface area contributed by atoms with E-state index in [1.165, 1.54) is 36.8 Å². The van der Waals surface area contributed by atoms with Gasteiger partial charge in [0.2, 0.25) is 5.91 Å². The lowest BCUT2D eigenvalue weighted by molar-refractivity contribution is -0.219. The normalized spacial score (nSPS) is 40.2. The summed E-state index contributed by atoms with van der Waals surface area (Å²) >= 11 is 0. The lowest BCUT2D eigenvalue weighted by Gasteiger charge is -2.72. The summed E-state index contributed by atoms with van der Waals surface area (Å²) in [6.07, 6.45) is 18.2. The molecular weight excluding hydrogens is 582 g/mol. The summed E-state index contributed by atoms with van der Waals surface area (Å²) < 4.78 is 1.88. The van der Waals surface area contributed by atoms with E-state index in [0.29, 0.717) is 41.7 Å². The van der Waals surface area contributed by atoms with E-state index < -0.39 is 5.97 Å². The number of nitrogens with zero attached hydrogens (tertiary/aromatic N) is 2. The van der Waals surface area contributed by atoms with Gasteiger partial charge in [0.25, 0.3) is 0 Å². The van der Waals surface area contributed by atoms with Gasteiger partial charge in [-0.05, 0) is 139 Å². The van der Waals surface area contributed by atoms with Crippen LogP contribution in [0, 0.1) is 51.2 Å². The molecule has 1 amide bonds. The van der Waals surface area contributed by atoms with Crippen LogP contribution in [0.15, 0.2) is 61.2 Å². The molecular formula is C41H55N3O3. The van der Waals surface area contributed by atoms with E-state index >= 15 is 0 Å². The van der Waals surface area contributed by atoms with Crippen molar-refractivity contribution in [3.05, 3.63) is 72.3 Å². The highest BCUT2D eigenvalue weighted by Crippen LogP contribution is 2.76. The van der Waals surface area contributed by atoms with E-state index in [-0.39, 0.29) is 33.1 Å².